The lowest BCUT2D eigenvalue weighted by Crippen LogP contribution is -2.45. The minimum atomic E-state index is -0.0885. The van der Waals surface area contributed by atoms with E-state index in [0.29, 0.717) is 0 Å². The highest BCUT2D eigenvalue weighted by molar-refractivity contribution is 5.93. The van der Waals surface area contributed by atoms with Crippen LogP contribution in [-0.2, 0) is 9.59 Å². The van der Waals surface area contributed by atoms with Gasteiger partial charge in [0, 0.05) is 19.9 Å². The Hall–Kier alpha value is -0.860. The number of rotatable bonds is 4. The molecule has 0 saturated heterocycles. The maximum absolute atomic E-state index is 11.7. The number of amides is 2. The third-order valence-corrected chi connectivity index (χ3v) is 6.43. The van der Waals surface area contributed by atoms with E-state index in [1.165, 1.54) is 63.7 Å². The second-order valence-electron chi connectivity index (χ2n) is 8.09. The van der Waals surface area contributed by atoms with Crippen molar-refractivity contribution < 1.29 is 9.59 Å². The molecule has 2 aliphatic rings. The maximum atomic E-state index is 11.7. The van der Waals surface area contributed by atoms with Gasteiger partial charge in [0.25, 0.3) is 0 Å². The fourth-order valence-corrected chi connectivity index (χ4v) is 5.43. The summed E-state index contributed by atoms with van der Waals surface area (Å²) in [6, 6.07) is 0.146. The largest absolute Gasteiger partial charge is 0.280 e. The summed E-state index contributed by atoms with van der Waals surface area (Å²) in [5.74, 6) is 3.30. The molecule has 0 aromatic rings. The Morgan fingerprint density at radius 3 is 2.04 bits per heavy atom. The van der Waals surface area contributed by atoms with Crippen LogP contribution in [0.1, 0.15) is 85.5 Å². The molecule has 2 rings (SSSR count). The zero-order valence-corrected chi connectivity index (χ0v) is 15.5. The van der Waals surface area contributed by atoms with Crippen LogP contribution in [0.15, 0.2) is 0 Å². The Kier molecular flexibility index (Phi) is 6.67. The number of hydrogen-bond acceptors (Lipinski definition) is 2. The van der Waals surface area contributed by atoms with E-state index in [0.717, 1.165) is 36.5 Å². The first kappa shape index (κ1) is 18.5. The highest BCUT2D eigenvalue weighted by atomic mass is 16.2. The van der Waals surface area contributed by atoms with Crippen molar-refractivity contribution in [2.24, 2.45) is 23.7 Å². The van der Waals surface area contributed by atoms with Crippen molar-refractivity contribution in [1.82, 2.24) is 4.90 Å². The molecule has 3 nitrogen and oxygen atoms in total. The molecule has 0 aromatic heterocycles. The van der Waals surface area contributed by atoms with Crippen molar-refractivity contribution in [2.45, 2.75) is 91.5 Å². The average Bonchev–Trinajstić information content (AvgIpc) is 2.48. The zero-order chi connectivity index (χ0) is 17.0. The summed E-state index contributed by atoms with van der Waals surface area (Å²) >= 11 is 0. The predicted molar refractivity (Wildman–Crippen MR) is 93.9 cm³/mol. The number of carbonyl (C=O) groups excluding carboxylic acids is 2. The normalized spacial score (nSPS) is 34.9. The first-order valence-electron chi connectivity index (χ1n) is 9.74. The fraction of sp³-hybridized carbons (Fsp3) is 0.900. The molecule has 3 atom stereocenters. The Morgan fingerprint density at radius 2 is 1.57 bits per heavy atom. The fourth-order valence-electron chi connectivity index (χ4n) is 5.43. The van der Waals surface area contributed by atoms with Crippen LogP contribution in [0.4, 0.5) is 0 Å². The molecule has 2 fully saturated rings. The number of hydrogen-bond donors (Lipinski definition) is 0. The summed E-state index contributed by atoms with van der Waals surface area (Å²) in [7, 11) is 0. The Labute approximate surface area is 142 Å². The lowest BCUT2D eigenvalue weighted by atomic mass is 9.65. The van der Waals surface area contributed by atoms with Crippen molar-refractivity contribution in [3.05, 3.63) is 0 Å². The van der Waals surface area contributed by atoms with E-state index < -0.39 is 0 Å². The van der Waals surface area contributed by atoms with Gasteiger partial charge in [0.1, 0.15) is 0 Å². The van der Waals surface area contributed by atoms with E-state index in [2.05, 4.69) is 13.8 Å². The van der Waals surface area contributed by atoms with E-state index in [1.54, 1.807) is 0 Å². The van der Waals surface area contributed by atoms with Crippen LogP contribution in [0, 0.1) is 23.7 Å². The minimum Gasteiger partial charge on any atom is -0.280 e. The predicted octanol–water partition coefficient (Wildman–Crippen LogP) is 4.79. The van der Waals surface area contributed by atoms with Gasteiger partial charge in [-0.3, -0.25) is 14.5 Å². The first-order chi connectivity index (χ1) is 10.9. The van der Waals surface area contributed by atoms with Crippen LogP contribution < -0.4 is 0 Å². The summed E-state index contributed by atoms with van der Waals surface area (Å²) in [6.45, 7) is 7.79. The monoisotopic (exact) mass is 321 g/mol. The SMILES string of the molecule is CCCC1CCC(C2CCC(N(C(C)=O)C(C)=O)CC2)C(C)C1. The van der Waals surface area contributed by atoms with Gasteiger partial charge >= 0.3 is 0 Å². The molecule has 2 aliphatic carbocycles. The summed E-state index contributed by atoms with van der Waals surface area (Å²) in [5, 5.41) is 0. The molecule has 0 bridgehead atoms. The molecule has 0 spiro atoms. The summed E-state index contributed by atoms with van der Waals surface area (Å²) in [6.07, 6.45) is 11.3. The van der Waals surface area contributed by atoms with Gasteiger partial charge < -0.3 is 0 Å². The van der Waals surface area contributed by atoms with Crippen LogP contribution in [0.5, 0.6) is 0 Å². The van der Waals surface area contributed by atoms with Crippen LogP contribution >= 0.6 is 0 Å². The summed E-state index contributed by atoms with van der Waals surface area (Å²) < 4.78 is 0. The van der Waals surface area contributed by atoms with Gasteiger partial charge in [0.15, 0.2) is 0 Å². The molecular weight excluding hydrogens is 286 g/mol. The standard InChI is InChI=1S/C20H35NO2/c1-5-6-17-7-12-20(14(2)13-17)18-8-10-19(11-9-18)21(15(3)22)16(4)23/h14,17-20H,5-13H2,1-4H3. The first-order valence-corrected chi connectivity index (χ1v) is 9.74. The van der Waals surface area contributed by atoms with Gasteiger partial charge in [-0.05, 0) is 62.2 Å². The topological polar surface area (TPSA) is 37.4 Å². The molecule has 0 aromatic carbocycles. The van der Waals surface area contributed by atoms with Crippen LogP contribution in [0.25, 0.3) is 0 Å². The molecule has 3 unspecified atom stereocenters. The van der Waals surface area contributed by atoms with Gasteiger partial charge in [-0.2, -0.15) is 0 Å². The summed E-state index contributed by atoms with van der Waals surface area (Å²) in [4.78, 5) is 24.9. The smallest absolute Gasteiger partial charge is 0.226 e. The molecular formula is C20H35NO2. The third-order valence-electron chi connectivity index (χ3n) is 6.43. The van der Waals surface area contributed by atoms with Gasteiger partial charge in [-0.1, -0.05) is 33.1 Å². The molecule has 0 N–H and O–H groups in total. The Morgan fingerprint density at radius 1 is 0.957 bits per heavy atom. The van der Waals surface area contributed by atoms with Gasteiger partial charge in [-0.25, -0.2) is 0 Å². The molecule has 2 saturated carbocycles. The molecule has 132 valence electrons. The van der Waals surface area contributed by atoms with E-state index in [1.807, 2.05) is 0 Å². The molecule has 0 radical (unpaired) electrons. The highest BCUT2D eigenvalue weighted by Crippen LogP contribution is 2.44. The van der Waals surface area contributed by atoms with Crippen LogP contribution in [0.2, 0.25) is 0 Å². The average molecular weight is 322 g/mol. The van der Waals surface area contributed by atoms with Crippen LogP contribution in [0.3, 0.4) is 0 Å². The van der Waals surface area contributed by atoms with Crippen molar-refractivity contribution >= 4 is 11.8 Å². The number of carbonyl (C=O) groups is 2. The Balaban J connectivity index is 1.87. The van der Waals surface area contributed by atoms with Gasteiger partial charge in [-0.15, -0.1) is 0 Å². The Bertz CT molecular complexity index is 398. The third kappa shape index (κ3) is 4.58. The molecule has 0 aliphatic heterocycles. The van der Waals surface area contributed by atoms with Crippen molar-refractivity contribution in [3.63, 3.8) is 0 Å². The van der Waals surface area contributed by atoms with Gasteiger partial charge in [0.05, 0.1) is 0 Å². The lowest BCUT2D eigenvalue weighted by Gasteiger charge is -2.43. The van der Waals surface area contributed by atoms with E-state index in [9.17, 15) is 9.59 Å². The van der Waals surface area contributed by atoms with Crippen molar-refractivity contribution in [1.29, 1.82) is 0 Å². The second-order valence-corrected chi connectivity index (χ2v) is 8.09. The molecule has 3 heteroatoms. The van der Waals surface area contributed by atoms with E-state index in [-0.39, 0.29) is 17.9 Å². The lowest BCUT2D eigenvalue weighted by molar-refractivity contribution is -0.146. The highest BCUT2D eigenvalue weighted by Gasteiger charge is 2.36. The van der Waals surface area contributed by atoms with Gasteiger partial charge in [0.2, 0.25) is 11.8 Å². The maximum Gasteiger partial charge on any atom is 0.226 e. The number of imide groups is 1. The molecule has 23 heavy (non-hydrogen) atoms. The molecule has 2 amide bonds. The minimum absolute atomic E-state index is 0.0885. The van der Waals surface area contributed by atoms with Crippen molar-refractivity contribution in [3.8, 4) is 0 Å². The van der Waals surface area contributed by atoms with Crippen molar-refractivity contribution in [2.75, 3.05) is 0 Å². The van der Waals surface area contributed by atoms with E-state index >= 15 is 0 Å². The zero-order valence-electron chi connectivity index (χ0n) is 15.5. The number of nitrogens with zero attached hydrogens (tertiary/aromatic N) is 1. The summed E-state index contributed by atoms with van der Waals surface area (Å²) in [5.41, 5.74) is 0. The van der Waals surface area contributed by atoms with E-state index in [4.69, 9.17) is 0 Å². The van der Waals surface area contributed by atoms with Crippen LogP contribution in [-0.4, -0.2) is 22.8 Å². The quantitative estimate of drug-likeness (QED) is 0.746. The second kappa shape index (κ2) is 8.30. The molecule has 0 heterocycles.